The number of carbonyl (C=O) groups is 1. The minimum atomic E-state index is -4.18. The highest BCUT2D eigenvalue weighted by Gasteiger charge is 2.45. The summed E-state index contributed by atoms with van der Waals surface area (Å²) in [5.41, 5.74) is -0.0543. The number of anilines is 1. The molecular formula is C17H14F3NO3S. The smallest absolute Gasteiger partial charge is 0.287 e. The Kier molecular flexibility index (Phi) is 4.10. The molecule has 25 heavy (non-hydrogen) atoms. The van der Waals surface area contributed by atoms with Gasteiger partial charge in [0.1, 0.15) is 5.82 Å². The summed E-state index contributed by atoms with van der Waals surface area (Å²) in [5.74, 6) is -6.24. The van der Waals surface area contributed by atoms with Gasteiger partial charge in [-0.05, 0) is 37.3 Å². The molecule has 0 N–H and O–H groups in total. The highest BCUT2D eigenvalue weighted by Crippen LogP contribution is 2.37. The second-order valence-corrected chi connectivity index (χ2v) is 7.70. The number of nitrogens with zero attached hydrogens (tertiary/aromatic N) is 1. The first-order valence-corrected chi connectivity index (χ1v) is 8.88. The average molecular weight is 369 g/mol. The molecule has 0 saturated heterocycles. The van der Waals surface area contributed by atoms with E-state index in [0.717, 1.165) is 22.0 Å². The van der Waals surface area contributed by atoms with Crippen LogP contribution in [0.2, 0.25) is 0 Å². The molecule has 0 bridgehead atoms. The van der Waals surface area contributed by atoms with Crippen molar-refractivity contribution in [3.63, 3.8) is 0 Å². The highest BCUT2D eigenvalue weighted by molar-refractivity contribution is 7.92. The first-order chi connectivity index (χ1) is 11.6. The Labute approximate surface area is 142 Å². The van der Waals surface area contributed by atoms with Gasteiger partial charge in [-0.2, -0.15) is 8.78 Å². The summed E-state index contributed by atoms with van der Waals surface area (Å²) in [6.07, 6.45) is -0.979. The van der Waals surface area contributed by atoms with Gasteiger partial charge in [-0.25, -0.2) is 12.8 Å². The van der Waals surface area contributed by atoms with Crippen LogP contribution < -0.4 is 4.31 Å². The molecule has 132 valence electrons. The van der Waals surface area contributed by atoms with Crippen molar-refractivity contribution in [2.24, 2.45) is 0 Å². The van der Waals surface area contributed by atoms with Crippen molar-refractivity contribution >= 4 is 21.5 Å². The number of hydrogen-bond acceptors (Lipinski definition) is 3. The fourth-order valence-electron chi connectivity index (χ4n) is 2.67. The monoisotopic (exact) mass is 369 g/mol. The number of hydrogen-bond donors (Lipinski definition) is 0. The lowest BCUT2D eigenvalue weighted by atomic mass is 10.0. The molecule has 1 aliphatic rings. The molecule has 0 radical (unpaired) electrons. The van der Waals surface area contributed by atoms with Crippen LogP contribution in [-0.2, 0) is 10.0 Å². The number of carbonyl (C=O) groups excluding carboxylic acids is 1. The van der Waals surface area contributed by atoms with Gasteiger partial charge < -0.3 is 0 Å². The van der Waals surface area contributed by atoms with Crippen LogP contribution in [0.15, 0.2) is 47.4 Å². The van der Waals surface area contributed by atoms with Crippen molar-refractivity contribution in [2.75, 3.05) is 10.8 Å². The van der Waals surface area contributed by atoms with Crippen LogP contribution in [0.5, 0.6) is 0 Å². The Bertz CT molecular complexity index is 940. The number of rotatable bonds is 2. The number of halogens is 3. The predicted molar refractivity (Wildman–Crippen MR) is 86.0 cm³/mol. The molecule has 2 aromatic rings. The van der Waals surface area contributed by atoms with Crippen LogP contribution >= 0.6 is 0 Å². The van der Waals surface area contributed by atoms with E-state index in [1.165, 1.54) is 12.1 Å². The Morgan fingerprint density at radius 2 is 1.72 bits per heavy atom. The third-order valence-electron chi connectivity index (χ3n) is 4.04. The molecule has 0 fully saturated rings. The summed E-state index contributed by atoms with van der Waals surface area (Å²) in [7, 11) is -4.18. The Morgan fingerprint density at radius 1 is 1.08 bits per heavy atom. The van der Waals surface area contributed by atoms with E-state index in [-0.39, 0.29) is 10.6 Å². The largest absolute Gasteiger partial charge is 0.311 e. The van der Waals surface area contributed by atoms with E-state index in [1.54, 1.807) is 19.1 Å². The summed E-state index contributed by atoms with van der Waals surface area (Å²) >= 11 is 0. The number of Topliss-reactive ketones (excluding diaryl/α,β-unsaturated/α-hetero) is 1. The zero-order valence-corrected chi connectivity index (χ0v) is 14.0. The van der Waals surface area contributed by atoms with E-state index in [2.05, 4.69) is 0 Å². The SMILES string of the molecule is Cc1ccc(S(=O)(=O)N2CCC(F)(F)C(=O)c3cc(F)ccc32)cc1. The van der Waals surface area contributed by atoms with Crippen LogP contribution in [0.1, 0.15) is 22.3 Å². The summed E-state index contributed by atoms with van der Waals surface area (Å²) in [6, 6.07) is 8.50. The second kappa shape index (κ2) is 5.87. The Hall–Kier alpha value is -2.35. The minimum absolute atomic E-state index is 0.0916. The van der Waals surface area contributed by atoms with Crippen molar-refractivity contribution in [1.82, 2.24) is 0 Å². The molecule has 8 heteroatoms. The van der Waals surface area contributed by atoms with Crippen molar-refractivity contribution in [1.29, 1.82) is 0 Å². The van der Waals surface area contributed by atoms with Crippen LogP contribution in [0, 0.1) is 12.7 Å². The third kappa shape index (κ3) is 3.02. The summed E-state index contributed by atoms with van der Waals surface area (Å²) in [6.45, 7) is 1.19. The maximum absolute atomic E-state index is 14.0. The van der Waals surface area contributed by atoms with E-state index in [0.29, 0.717) is 6.07 Å². The zero-order chi connectivity index (χ0) is 18.4. The van der Waals surface area contributed by atoms with E-state index in [4.69, 9.17) is 0 Å². The molecular weight excluding hydrogens is 355 g/mol. The van der Waals surface area contributed by atoms with Crippen molar-refractivity contribution in [2.45, 2.75) is 24.2 Å². The Balaban J connectivity index is 2.19. The molecule has 3 rings (SSSR count). The van der Waals surface area contributed by atoms with Gasteiger partial charge in [-0.1, -0.05) is 17.7 Å². The first kappa shape index (κ1) is 17.5. The number of fused-ring (bicyclic) bond motifs is 1. The normalized spacial score (nSPS) is 17.1. The molecule has 4 nitrogen and oxygen atoms in total. The number of ketones is 1. The van der Waals surface area contributed by atoms with E-state index in [9.17, 15) is 26.4 Å². The first-order valence-electron chi connectivity index (χ1n) is 7.44. The summed E-state index contributed by atoms with van der Waals surface area (Å²) < 4.78 is 68.0. The van der Waals surface area contributed by atoms with Crippen LogP contribution in [0.4, 0.5) is 18.9 Å². The molecule has 1 aliphatic heterocycles. The fraction of sp³-hybridized carbons (Fsp3) is 0.235. The van der Waals surface area contributed by atoms with Crippen molar-refractivity contribution < 1.29 is 26.4 Å². The third-order valence-corrected chi connectivity index (χ3v) is 5.87. The van der Waals surface area contributed by atoms with Gasteiger partial charge in [0.25, 0.3) is 10.0 Å². The molecule has 1 heterocycles. The van der Waals surface area contributed by atoms with Crippen molar-refractivity contribution in [3.8, 4) is 0 Å². The van der Waals surface area contributed by atoms with Crippen LogP contribution in [-0.4, -0.2) is 26.7 Å². The molecule has 2 aromatic carbocycles. The maximum Gasteiger partial charge on any atom is 0.311 e. The lowest BCUT2D eigenvalue weighted by Crippen LogP contribution is -2.34. The summed E-state index contributed by atoms with van der Waals surface area (Å²) in [4.78, 5) is 11.9. The van der Waals surface area contributed by atoms with Gasteiger partial charge in [-0.3, -0.25) is 9.10 Å². The lowest BCUT2D eigenvalue weighted by Gasteiger charge is -2.24. The number of sulfonamides is 1. The van der Waals surface area contributed by atoms with Crippen molar-refractivity contribution in [3.05, 3.63) is 59.4 Å². The quantitative estimate of drug-likeness (QED) is 0.814. The van der Waals surface area contributed by atoms with E-state index >= 15 is 0 Å². The Morgan fingerprint density at radius 3 is 2.36 bits per heavy atom. The zero-order valence-electron chi connectivity index (χ0n) is 13.2. The fourth-order valence-corrected chi connectivity index (χ4v) is 4.15. The number of benzene rings is 2. The summed E-state index contributed by atoms with van der Waals surface area (Å²) in [5, 5.41) is 0. The highest BCUT2D eigenvalue weighted by atomic mass is 32.2. The molecule has 0 aromatic heterocycles. The second-order valence-electron chi connectivity index (χ2n) is 5.84. The predicted octanol–water partition coefficient (Wildman–Crippen LogP) is 3.55. The van der Waals surface area contributed by atoms with Gasteiger partial charge in [0, 0.05) is 13.0 Å². The van der Waals surface area contributed by atoms with Gasteiger partial charge >= 0.3 is 5.92 Å². The molecule has 0 amide bonds. The minimum Gasteiger partial charge on any atom is -0.287 e. The van der Waals surface area contributed by atoms with Crippen LogP contribution in [0.25, 0.3) is 0 Å². The maximum atomic E-state index is 14.0. The van der Waals surface area contributed by atoms with Gasteiger partial charge in [0.15, 0.2) is 0 Å². The topological polar surface area (TPSA) is 54.5 Å². The molecule has 0 spiro atoms. The standard InChI is InChI=1S/C17H14F3NO3S/c1-11-2-5-13(6-3-11)25(23,24)21-9-8-17(19,20)16(22)14-10-12(18)4-7-15(14)21/h2-7,10H,8-9H2,1H3. The van der Waals surface area contributed by atoms with Gasteiger partial charge in [-0.15, -0.1) is 0 Å². The molecule has 0 unspecified atom stereocenters. The van der Waals surface area contributed by atoms with Gasteiger partial charge in [0.05, 0.1) is 16.1 Å². The lowest BCUT2D eigenvalue weighted by molar-refractivity contribution is 0.00776. The van der Waals surface area contributed by atoms with E-state index < -0.39 is 46.1 Å². The van der Waals surface area contributed by atoms with Gasteiger partial charge in [0.2, 0.25) is 5.78 Å². The molecule has 0 saturated carbocycles. The number of alkyl halides is 2. The van der Waals surface area contributed by atoms with E-state index in [1.807, 2.05) is 0 Å². The van der Waals surface area contributed by atoms with Crippen LogP contribution in [0.3, 0.4) is 0 Å². The molecule has 0 atom stereocenters. The molecule has 0 aliphatic carbocycles. The average Bonchev–Trinajstić information content (AvgIpc) is 2.64. The number of aryl methyl sites for hydroxylation is 1.